The van der Waals surface area contributed by atoms with Crippen molar-refractivity contribution < 1.29 is 8.85 Å². The third-order valence-corrected chi connectivity index (χ3v) is 1.72. The van der Waals surface area contributed by atoms with Crippen LogP contribution in [0.3, 0.4) is 0 Å². The van der Waals surface area contributed by atoms with Crippen LogP contribution in [0.25, 0.3) is 0 Å². The maximum absolute atomic E-state index is 4.78. The van der Waals surface area contributed by atoms with Crippen LogP contribution in [0.4, 0.5) is 0 Å². The van der Waals surface area contributed by atoms with E-state index in [1.54, 1.807) is 14.2 Å². The molecule has 0 heterocycles. The van der Waals surface area contributed by atoms with E-state index < -0.39 is 9.28 Å². The maximum atomic E-state index is 4.78. The van der Waals surface area contributed by atoms with Gasteiger partial charge in [-0.1, -0.05) is 0 Å². The molecule has 37 valence electrons. The molecule has 0 aromatic heterocycles. The Morgan fingerprint density at radius 1 is 1.17 bits per heavy atom. The first-order valence-corrected chi connectivity index (χ1v) is 3.54. The zero-order valence-corrected chi connectivity index (χ0v) is 5.32. The summed E-state index contributed by atoms with van der Waals surface area (Å²) >= 11 is 0. The second kappa shape index (κ2) is 3.33. The molecule has 2 nitrogen and oxygen atoms in total. The van der Waals surface area contributed by atoms with Gasteiger partial charge in [0, 0.05) is 14.2 Å². The summed E-state index contributed by atoms with van der Waals surface area (Å²) in [5.41, 5.74) is 0. The molecule has 0 aliphatic heterocycles. The van der Waals surface area contributed by atoms with E-state index in [0.29, 0.717) is 0 Å². The van der Waals surface area contributed by atoms with Crippen LogP contribution in [0.1, 0.15) is 0 Å². The molecular weight excluding hydrogens is 96.1 g/mol. The van der Waals surface area contributed by atoms with Gasteiger partial charge in [0.2, 0.25) is 0 Å². The Bertz CT molecular complexity index is 28.0. The Labute approximate surface area is 39.9 Å². The molecular formula is C3H9O2Si. The summed E-state index contributed by atoms with van der Waals surface area (Å²) in [6, 6.07) is 0. The van der Waals surface area contributed by atoms with Gasteiger partial charge in [-0.3, -0.25) is 0 Å². The van der Waals surface area contributed by atoms with Crippen LogP contribution in [0.2, 0.25) is 6.55 Å². The minimum absolute atomic E-state index is 0.868. The first kappa shape index (κ1) is 6.14. The lowest BCUT2D eigenvalue weighted by molar-refractivity contribution is 0.285. The summed E-state index contributed by atoms with van der Waals surface area (Å²) < 4.78 is 9.56. The van der Waals surface area contributed by atoms with E-state index in [4.69, 9.17) is 8.85 Å². The topological polar surface area (TPSA) is 18.5 Å². The second-order valence-corrected chi connectivity index (χ2v) is 2.70. The third-order valence-electron chi connectivity index (χ3n) is 0.575. The summed E-state index contributed by atoms with van der Waals surface area (Å²) in [7, 11) is 2.43. The summed E-state index contributed by atoms with van der Waals surface area (Å²) in [5.74, 6) is 0. The molecule has 0 rings (SSSR count). The molecule has 0 unspecified atom stereocenters. The molecule has 0 atom stereocenters. The fraction of sp³-hybridized carbons (Fsp3) is 1.00. The van der Waals surface area contributed by atoms with Crippen molar-refractivity contribution >= 4 is 9.28 Å². The van der Waals surface area contributed by atoms with E-state index in [0.717, 1.165) is 0 Å². The molecule has 0 saturated heterocycles. The molecule has 0 saturated carbocycles. The first-order valence-electron chi connectivity index (χ1n) is 1.72. The highest BCUT2D eigenvalue weighted by atomic mass is 28.3. The van der Waals surface area contributed by atoms with E-state index in [1.807, 2.05) is 6.55 Å². The molecule has 0 bridgehead atoms. The van der Waals surface area contributed by atoms with Crippen LogP contribution >= 0.6 is 0 Å². The molecule has 0 spiro atoms. The summed E-state index contributed by atoms with van der Waals surface area (Å²) in [6.45, 7) is 1.94. The first-order chi connectivity index (χ1) is 2.81. The summed E-state index contributed by atoms with van der Waals surface area (Å²) in [4.78, 5) is 0. The summed E-state index contributed by atoms with van der Waals surface area (Å²) in [5, 5.41) is 0. The van der Waals surface area contributed by atoms with Crippen LogP contribution in [0, 0.1) is 0 Å². The lowest BCUT2D eigenvalue weighted by Gasteiger charge is -1.98. The molecule has 0 fully saturated rings. The van der Waals surface area contributed by atoms with Gasteiger partial charge in [-0.25, -0.2) is 0 Å². The molecule has 0 N–H and O–H groups in total. The smallest absolute Gasteiger partial charge is 0.380 e. The highest BCUT2D eigenvalue weighted by molar-refractivity contribution is 6.42. The fourth-order valence-corrected chi connectivity index (χ4v) is 0.250. The Kier molecular flexibility index (Phi) is 3.41. The van der Waals surface area contributed by atoms with E-state index in [-0.39, 0.29) is 0 Å². The van der Waals surface area contributed by atoms with Gasteiger partial charge in [-0.2, -0.15) is 0 Å². The monoisotopic (exact) mass is 105 g/mol. The quantitative estimate of drug-likeness (QED) is 0.473. The molecule has 0 aliphatic rings. The summed E-state index contributed by atoms with van der Waals surface area (Å²) in [6.07, 6.45) is 0. The van der Waals surface area contributed by atoms with E-state index in [2.05, 4.69) is 0 Å². The highest BCUT2D eigenvalue weighted by Crippen LogP contribution is 1.77. The Hall–Kier alpha value is 0.137. The third kappa shape index (κ3) is 2.38. The van der Waals surface area contributed by atoms with Crippen molar-refractivity contribution in [3.8, 4) is 0 Å². The van der Waals surface area contributed by atoms with Crippen molar-refractivity contribution in [2.45, 2.75) is 6.55 Å². The van der Waals surface area contributed by atoms with Crippen molar-refractivity contribution in [3.05, 3.63) is 0 Å². The normalized spacial score (nSPS) is 10.0. The molecule has 6 heavy (non-hydrogen) atoms. The highest BCUT2D eigenvalue weighted by Gasteiger charge is 1.97. The number of hydrogen-bond acceptors (Lipinski definition) is 2. The van der Waals surface area contributed by atoms with Gasteiger partial charge in [-0.15, -0.1) is 0 Å². The van der Waals surface area contributed by atoms with Gasteiger partial charge >= 0.3 is 9.28 Å². The molecule has 1 radical (unpaired) electrons. The standard InChI is InChI=1S/C3H9O2Si/c1-4-6(3)5-2/h1-3H3. The number of hydrogen-bond donors (Lipinski definition) is 0. The van der Waals surface area contributed by atoms with Gasteiger partial charge in [-0.05, 0) is 6.55 Å². The van der Waals surface area contributed by atoms with Gasteiger partial charge in [0.25, 0.3) is 0 Å². The molecule has 0 aromatic carbocycles. The molecule has 0 amide bonds. The van der Waals surface area contributed by atoms with E-state index in [1.165, 1.54) is 0 Å². The lowest BCUT2D eigenvalue weighted by atomic mass is 11.8. The predicted octanol–water partition coefficient (Wildman–Crippen LogP) is 0.397. The zero-order chi connectivity index (χ0) is 4.99. The van der Waals surface area contributed by atoms with Gasteiger partial charge < -0.3 is 8.85 Å². The van der Waals surface area contributed by atoms with Crippen molar-refractivity contribution in [1.29, 1.82) is 0 Å². The largest absolute Gasteiger partial charge is 0.397 e. The Balaban J connectivity index is 2.75. The van der Waals surface area contributed by atoms with Crippen molar-refractivity contribution in [1.82, 2.24) is 0 Å². The van der Waals surface area contributed by atoms with E-state index in [9.17, 15) is 0 Å². The van der Waals surface area contributed by atoms with Crippen LogP contribution in [0.15, 0.2) is 0 Å². The lowest BCUT2D eigenvalue weighted by Crippen LogP contribution is -2.12. The van der Waals surface area contributed by atoms with Crippen molar-refractivity contribution in [2.75, 3.05) is 14.2 Å². The van der Waals surface area contributed by atoms with Crippen molar-refractivity contribution in [3.63, 3.8) is 0 Å². The Morgan fingerprint density at radius 2 is 1.50 bits per heavy atom. The minimum atomic E-state index is -0.868. The zero-order valence-electron chi connectivity index (χ0n) is 4.32. The minimum Gasteiger partial charge on any atom is -0.397 e. The fourth-order valence-electron chi connectivity index (χ4n) is 0.0833. The maximum Gasteiger partial charge on any atom is 0.380 e. The SMILES string of the molecule is CO[Si](C)OC. The van der Waals surface area contributed by atoms with E-state index >= 15 is 0 Å². The van der Waals surface area contributed by atoms with Gasteiger partial charge in [0.05, 0.1) is 0 Å². The molecule has 0 aromatic rings. The van der Waals surface area contributed by atoms with Gasteiger partial charge in [0.15, 0.2) is 0 Å². The average Bonchev–Trinajstić information content (AvgIpc) is 1.65. The predicted molar refractivity (Wildman–Crippen MR) is 25.6 cm³/mol. The van der Waals surface area contributed by atoms with Gasteiger partial charge in [0.1, 0.15) is 0 Å². The molecule has 3 heteroatoms. The molecule has 0 aliphatic carbocycles. The van der Waals surface area contributed by atoms with Crippen LogP contribution in [-0.4, -0.2) is 23.5 Å². The second-order valence-electron chi connectivity index (χ2n) is 0.900. The van der Waals surface area contributed by atoms with Crippen LogP contribution < -0.4 is 0 Å². The van der Waals surface area contributed by atoms with Crippen molar-refractivity contribution in [2.24, 2.45) is 0 Å². The Morgan fingerprint density at radius 3 is 1.50 bits per heavy atom. The van der Waals surface area contributed by atoms with Crippen LogP contribution in [-0.2, 0) is 8.85 Å². The van der Waals surface area contributed by atoms with Crippen LogP contribution in [0.5, 0.6) is 0 Å². The average molecular weight is 105 g/mol. The number of rotatable bonds is 2.